The lowest BCUT2D eigenvalue weighted by Crippen LogP contribution is -2.38. The van der Waals surface area contributed by atoms with E-state index in [4.69, 9.17) is 5.73 Å². The molecule has 0 rings (SSSR count). The van der Waals surface area contributed by atoms with Gasteiger partial charge in [-0.05, 0) is 13.0 Å². The summed E-state index contributed by atoms with van der Waals surface area (Å²) >= 11 is 0. The van der Waals surface area contributed by atoms with Gasteiger partial charge < -0.3 is 11.1 Å². The first kappa shape index (κ1) is 11.2. The maximum absolute atomic E-state index is 11.4. The minimum atomic E-state index is -0.363. The van der Waals surface area contributed by atoms with Crippen LogP contribution in [-0.2, 0) is 4.79 Å². The average molecular weight is 170 g/mol. The maximum atomic E-state index is 11.4. The van der Waals surface area contributed by atoms with Crippen molar-refractivity contribution in [1.82, 2.24) is 5.32 Å². The van der Waals surface area contributed by atoms with Crippen molar-refractivity contribution < 1.29 is 4.79 Å². The molecule has 0 aromatic carbocycles. The van der Waals surface area contributed by atoms with E-state index < -0.39 is 0 Å². The summed E-state index contributed by atoms with van der Waals surface area (Å²) in [4.78, 5) is 11.4. The molecule has 3 heteroatoms. The zero-order valence-electron chi connectivity index (χ0n) is 7.89. The predicted octanol–water partition coefficient (Wildman–Crippen LogP) is 0.664. The molecule has 1 amide bonds. The molecule has 0 radical (unpaired) electrons. The van der Waals surface area contributed by atoms with Gasteiger partial charge >= 0.3 is 0 Å². The zero-order chi connectivity index (χ0) is 9.61. The fourth-order valence-electron chi connectivity index (χ4n) is 0.879. The van der Waals surface area contributed by atoms with Crippen LogP contribution in [0.4, 0.5) is 0 Å². The largest absolute Gasteiger partial charge is 0.352 e. The minimum absolute atomic E-state index is 0.0350. The lowest BCUT2D eigenvalue weighted by molar-refractivity contribution is -0.129. The molecule has 0 aromatic heterocycles. The second-order valence-electron chi connectivity index (χ2n) is 3.42. The van der Waals surface area contributed by atoms with Crippen LogP contribution in [0.3, 0.4) is 0 Å². The van der Waals surface area contributed by atoms with Crippen molar-refractivity contribution in [1.29, 1.82) is 0 Å². The number of nitrogens with one attached hydrogen (secondary N) is 1. The highest BCUT2D eigenvalue weighted by atomic mass is 16.2. The molecule has 0 aliphatic carbocycles. The number of carbonyl (C=O) groups excluding carboxylic acids is 1. The fourth-order valence-corrected chi connectivity index (χ4v) is 0.879. The topological polar surface area (TPSA) is 55.1 Å². The summed E-state index contributed by atoms with van der Waals surface area (Å²) in [5.41, 5.74) is 5.02. The predicted molar refractivity (Wildman–Crippen MR) is 50.7 cm³/mol. The molecular weight excluding hydrogens is 152 g/mol. The van der Waals surface area contributed by atoms with Crippen LogP contribution in [0.5, 0.6) is 0 Å². The van der Waals surface area contributed by atoms with Crippen molar-refractivity contribution in [3.8, 4) is 0 Å². The van der Waals surface area contributed by atoms with Gasteiger partial charge in [0.05, 0.1) is 0 Å². The normalized spacial score (nSPS) is 10.9. The second-order valence-corrected chi connectivity index (χ2v) is 3.42. The molecule has 0 saturated carbocycles. The van der Waals surface area contributed by atoms with Crippen LogP contribution in [0.2, 0.25) is 0 Å². The molecule has 0 fully saturated rings. The molecule has 0 aromatic rings. The van der Waals surface area contributed by atoms with Crippen molar-refractivity contribution >= 4 is 5.91 Å². The molecule has 0 heterocycles. The van der Waals surface area contributed by atoms with Gasteiger partial charge in [-0.1, -0.05) is 19.9 Å². The SMILES string of the molecule is C=CCNC(=O)C(C)(C)CCN. The van der Waals surface area contributed by atoms with Crippen LogP contribution in [0, 0.1) is 5.41 Å². The summed E-state index contributed by atoms with van der Waals surface area (Å²) in [6.45, 7) is 8.35. The number of carbonyl (C=O) groups is 1. The van der Waals surface area contributed by atoms with Gasteiger partial charge in [0, 0.05) is 12.0 Å². The molecule has 0 bridgehead atoms. The zero-order valence-corrected chi connectivity index (χ0v) is 7.89. The summed E-state index contributed by atoms with van der Waals surface area (Å²) < 4.78 is 0. The number of nitrogens with two attached hydrogens (primary N) is 1. The van der Waals surface area contributed by atoms with Crippen molar-refractivity contribution in [2.45, 2.75) is 20.3 Å². The number of hydrogen-bond donors (Lipinski definition) is 2. The Morgan fingerprint density at radius 3 is 2.67 bits per heavy atom. The van der Waals surface area contributed by atoms with Gasteiger partial charge in [-0.3, -0.25) is 4.79 Å². The monoisotopic (exact) mass is 170 g/mol. The summed E-state index contributed by atoms with van der Waals surface area (Å²) in [7, 11) is 0. The summed E-state index contributed by atoms with van der Waals surface area (Å²) in [6.07, 6.45) is 2.37. The molecule has 3 N–H and O–H groups in total. The van der Waals surface area contributed by atoms with Crippen molar-refractivity contribution in [2.75, 3.05) is 13.1 Å². The Labute approximate surface area is 74.0 Å². The Bertz CT molecular complexity index is 164. The van der Waals surface area contributed by atoms with E-state index in [-0.39, 0.29) is 11.3 Å². The molecular formula is C9H18N2O. The highest BCUT2D eigenvalue weighted by Crippen LogP contribution is 2.18. The molecule has 70 valence electrons. The highest BCUT2D eigenvalue weighted by molar-refractivity contribution is 5.81. The summed E-state index contributed by atoms with van der Waals surface area (Å²) in [5.74, 6) is 0.0350. The first-order valence-electron chi connectivity index (χ1n) is 4.14. The van der Waals surface area contributed by atoms with E-state index in [1.807, 2.05) is 13.8 Å². The highest BCUT2D eigenvalue weighted by Gasteiger charge is 2.25. The van der Waals surface area contributed by atoms with E-state index in [0.29, 0.717) is 19.5 Å². The van der Waals surface area contributed by atoms with Crippen molar-refractivity contribution in [3.63, 3.8) is 0 Å². The third-order valence-corrected chi connectivity index (χ3v) is 1.79. The number of hydrogen-bond acceptors (Lipinski definition) is 2. The van der Waals surface area contributed by atoms with Gasteiger partial charge in [0.15, 0.2) is 0 Å². The first-order chi connectivity index (χ1) is 5.54. The van der Waals surface area contributed by atoms with Crippen LogP contribution >= 0.6 is 0 Å². The van der Waals surface area contributed by atoms with Gasteiger partial charge in [0.1, 0.15) is 0 Å². The van der Waals surface area contributed by atoms with Gasteiger partial charge in [-0.15, -0.1) is 6.58 Å². The van der Waals surface area contributed by atoms with Crippen LogP contribution < -0.4 is 11.1 Å². The van der Waals surface area contributed by atoms with Gasteiger partial charge in [0.2, 0.25) is 5.91 Å². The maximum Gasteiger partial charge on any atom is 0.225 e. The van der Waals surface area contributed by atoms with E-state index in [1.54, 1.807) is 6.08 Å². The second kappa shape index (κ2) is 4.93. The summed E-state index contributed by atoms with van der Waals surface area (Å²) in [6, 6.07) is 0. The van der Waals surface area contributed by atoms with Crippen LogP contribution in [0.15, 0.2) is 12.7 Å². The lowest BCUT2D eigenvalue weighted by Gasteiger charge is -2.22. The van der Waals surface area contributed by atoms with E-state index in [0.717, 1.165) is 0 Å². The van der Waals surface area contributed by atoms with E-state index >= 15 is 0 Å². The molecule has 0 spiro atoms. The molecule has 0 saturated heterocycles. The average Bonchev–Trinajstić information content (AvgIpc) is 2.00. The van der Waals surface area contributed by atoms with Crippen LogP contribution in [0.25, 0.3) is 0 Å². The Kier molecular flexibility index (Phi) is 4.59. The Balaban J connectivity index is 3.96. The Morgan fingerprint density at radius 1 is 1.67 bits per heavy atom. The van der Waals surface area contributed by atoms with Crippen LogP contribution in [-0.4, -0.2) is 19.0 Å². The molecule has 0 unspecified atom stereocenters. The Morgan fingerprint density at radius 2 is 2.25 bits per heavy atom. The molecule has 12 heavy (non-hydrogen) atoms. The lowest BCUT2D eigenvalue weighted by atomic mass is 9.88. The molecule has 0 atom stereocenters. The van der Waals surface area contributed by atoms with E-state index in [1.165, 1.54) is 0 Å². The third-order valence-electron chi connectivity index (χ3n) is 1.79. The van der Waals surface area contributed by atoms with Crippen LogP contribution in [0.1, 0.15) is 20.3 Å². The third kappa shape index (κ3) is 3.53. The quantitative estimate of drug-likeness (QED) is 0.596. The standard InChI is InChI=1S/C9H18N2O/c1-4-7-11-8(12)9(2,3)5-6-10/h4H,1,5-7,10H2,2-3H3,(H,11,12). The Hall–Kier alpha value is -0.830. The van der Waals surface area contributed by atoms with Gasteiger partial charge in [0.25, 0.3) is 0 Å². The summed E-state index contributed by atoms with van der Waals surface area (Å²) in [5, 5.41) is 2.74. The molecule has 0 aliphatic heterocycles. The van der Waals surface area contributed by atoms with Crippen molar-refractivity contribution in [3.05, 3.63) is 12.7 Å². The smallest absolute Gasteiger partial charge is 0.225 e. The number of rotatable bonds is 5. The first-order valence-corrected chi connectivity index (χ1v) is 4.14. The van der Waals surface area contributed by atoms with Gasteiger partial charge in [-0.25, -0.2) is 0 Å². The van der Waals surface area contributed by atoms with E-state index in [9.17, 15) is 4.79 Å². The molecule has 3 nitrogen and oxygen atoms in total. The van der Waals surface area contributed by atoms with E-state index in [2.05, 4.69) is 11.9 Å². The minimum Gasteiger partial charge on any atom is -0.352 e. The molecule has 0 aliphatic rings. The fraction of sp³-hybridized carbons (Fsp3) is 0.667. The van der Waals surface area contributed by atoms with Crippen molar-refractivity contribution in [2.24, 2.45) is 11.1 Å². The number of amides is 1. The van der Waals surface area contributed by atoms with Gasteiger partial charge in [-0.2, -0.15) is 0 Å².